The van der Waals surface area contributed by atoms with Gasteiger partial charge in [0.2, 0.25) is 0 Å². The minimum atomic E-state index is -1.10. The second kappa shape index (κ2) is 11.7. The van der Waals surface area contributed by atoms with Crippen molar-refractivity contribution in [1.82, 2.24) is 5.32 Å². The number of phenolic OH excluding ortho intramolecular Hbond substituents is 1. The fraction of sp³-hybridized carbons (Fsp3) is 0.645. The second-order valence-corrected chi connectivity index (χ2v) is 12.9. The summed E-state index contributed by atoms with van der Waals surface area (Å²) in [5, 5.41) is 38.3. The van der Waals surface area contributed by atoms with E-state index in [0.29, 0.717) is 23.3 Å². The Bertz CT molecular complexity index is 1310. The van der Waals surface area contributed by atoms with Gasteiger partial charge in [-0.2, -0.15) is 0 Å². The monoisotopic (exact) mass is 583 g/mol. The molecule has 1 aromatic rings. The number of esters is 1. The van der Waals surface area contributed by atoms with E-state index in [1.54, 1.807) is 0 Å². The van der Waals surface area contributed by atoms with Crippen molar-refractivity contribution in [2.45, 2.75) is 83.8 Å². The van der Waals surface area contributed by atoms with E-state index >= 15 is 0 Å². The van der Waals surface area contributed by atoms with Crippen LogP contribution in [-0.2, 0) is 25.6 Å². The number of aromatic hydroxyl groups is 1. The Labute approximate surface area is 245 Å². The minimum absolute atomic E-state index is 0.0589. The highest BCUT2D eigenvalue weighted by Crippen LogP contribution is 2.65. The zero-order chi connectivity index (χ0) is 30.2. The number of oxime groups is 1. The Hall–Kier alpha value is -3.47. The molecule has 0 unspecified atom stereocenters. The van der Waals surface area contributed by atoms with E-state index < -0.39 is 40.9 Å². The SMILES string of the molecule is COC(=O)[C@@H](Cc1ccc(O)c([N+](=O)[O-])c1)NC(=O)CO/N=C1/C=C2CC[C@H]3[C@@H]4CC[C@H](O)[C@@]4(C)CC[C@@H]3[C@@]2(C)CC1. The maximum atomic E-state index is 12.6. The molecule has 3 saturated carbocycles. The van der Waals surface area contributed by atoms with Crippen molar-refractivity contribution in [2.75, 3.05) is 13.7 Å². The number of methoxy groups -OCH3 is 1. The van der Waals surface area contributed by atoms with Crippen molar-refractivity contribution >= 4 is 23.3 Å². The first-order valence-electron chi connectivity index (χ1n) is 14.9. The Morgan fingerprint density at radius 2 is 1.95 bits per heavy atom. The number of rotatable bonds is 8. The fourth-order valence-corrected chi connectivity index (χ4v) is 8.44. The number of aliphatic hydroxyl groups is 1. The number of nitrogens with one attached hydrogen (secondary N) is 1. The van der Waals surface area contributed by atoms with Gasteiger partial charge in [-0.15, -0.1) is 0 Å². The number of amides is 1. The molecule has 11 heteroatoms. The summed E-state index contributed by atoms with van der Waals surface area (Å²) in [7, 11) is 1.18. The molecule has 42 heavy (non-hydrogen) atoms. The Morgan fingerprint density at radius 3 is 2.69 bits per heavy atom. The molecule has 0 aliphatic heterocycles. The molecule has 3 N–H and O–H groups in total. The normalized spacial score (nSPS) is 33.4. The zero-order valence-electron chi connectivity index (χ0n) is 24.5. The van der Waals surface area contributed by atoms with Crippen LogP contribution in [0.1, 0.15) is 70.8 Å². The molecule has 0 heterocycles. The number of phenols is 1. The highest BCUT2D eigenvalue weighted by atomic mass is 16.6. The van der Waals surface area contributed by atoms with Crippen LogP contribution in [0.4, 0.5) is 5.69 Å². The maximum absolute atomic E-state index is 12.6. The van der Waals surface area contributed by atoms with Gasteiger partial charge in [0.05, 0.1) is 23.8 Å². The van der Waals surface area contributed by atoms with E-state index in [2.05, 4.69) is 30.4 Å². The number of hydrogen-bond donors (Lipinski definition) is 3. The lowest BCUT2D eigenvalue weighted by Crippen LogP contribution is -2.51. The summed E-state index contributed by atoms with van der Waals surface area (Å²) < 4.78 is 4.79. The van der Waals surface area contributed by atoms with Crippen LogP contribution in [0.15, 0.2) is 35.0 Å². The Morgan fingerprint density at radius 1 is 1.17 bits per heavy atom. The molecule has 0 spiro atoms. The average Bonchev–Trinajstić information content (AvgIpc) is 3.27. The molecule has 5 rings (SSSR count). The van der Waals surface area contributed by atoms with E-state index in [9.17, 15) is 29.9 Å². The lowest BCUT2D eigenvalue weighted by atomic mass is 9.47. The number of allylic oxidation sites excluding steroid dienone is 2. The fourth-order valence-electron chi connectivity index (χ4n) is 8.44. The molecule has 3 fully saturated rings. The third-order valence-corrected chi connectivity index (χ3v) is 10.8. The van der Waals surface area contributed by atoms with Gasteiger partial charge in [0.1, 0.15) is 6.04 Å². The van der Waals surface area contributed by atoms with E-state index in [1.807, 2.05) is 0 Å². The molecule has 0 radical (unpaired) electrons. The van der Waals surface area contributed by atoms with E-state index in [-0.39, 0.29) is 23.4 Å². The van der Waals surface area contributed by atoms with Gasteiger partial charge in [0, 0.05) is 12.5 Å². The number of ether oxygens (including phenoxy) is 1. The molecule has 0 aromatic heterocycles. The largest absolute Gasteiger partial charge is 0.502 e. The summed E-state index contributed by atoms with van der Waals surface area (Å²) in [5.74, 6) is 0.0699. The highest BCUT2D eigenvalue weighted by molar-refractivity contribution is 5.96. The third kappa shape index (κ3) is 5.50. The van der Waals surface area contributed by atoms with Crippen LogP contribution in [0.2, 0.25) is 0 Å². The van der Waals surface area contributed by atoms with Crippen molar-refractivity contribution in [3.05, 3.63) is 45.5 Å². The smallest absolute Gasteiger partial charge is 0.328 e. The number of fused-ring (bicyclic) bond motifs is 5. The molecule has 4 aliphatic carbocycles. The van der Waals surface area contributed by atoms with Crippen LogP contribution in [0.3, 0.4) is 0 Å². The van der Waals surface area contributed by atoms with Crippen molar-refractivity contribution in [3.63, 3.8) is 0 Å². The van der Waals surface area contributed by atoms with Crippen LogP contribution >= 0.6 is 0 Å². The van der Waals surface area contributed by atoms with Gasteiger partial charge in [-0.05, 0) is 97.7 Å². The lowest BCUT2D eigenvalue weighted by molar-refractivity contribution is -0.385. The summed E-state index contributed by atoms with van der Waals surface area (Å²) in [6.45, 7) is 4.29. The first-order chi connectivity index (χ1) is 20.0. The van der Waals surface area contributed by atoms with E-state index in [4.69, 9.17) is 9.57 Å². The number of nitro benzene ring substituents is 1. The van der Waals surface area contributed by atoms with E-state index in [1.165, 1.54) is 24.8 Å². The third-order valence-electron chi connectivity index (χ3n) is 10.8. The molecule has 1 amide bonds. The molecule has 1 aromatic carbocycles. The van der Waals surface area contributed by atoms with Gasteiger partial charge in [-0.1, -0.05) is 30.6 Å². The number of hydrogen-bond acceptors (Lipinski definition) is 9. The summed E-state index contributed by atoms with van der Waals surface area (Å²) in [6.07, 6.45) is 10.0. The minimum Gasteiger partial charge on any atom is -0.502 e. The second-order valence-electron chi connectivity index (χ2n) is 12.9. The highest BCUT2D eigenvalue weighted by Gasteiger charge is 2.58. The molecular formula is C31H41N3O8. The van der Waals surface area contributed by atoms with Crippen molar-refractivity contribution in [1.29, 1.82) is 0 Å². The number of carbonyl (C=O) groups excluding carboxylic acids is 2. The molecule has 11 nitrogen and oxygen atoms in total. The lowest BCUT2D eigenvalue weighted by Gasteiger charge is -2.57. The van der Waals surface area contributed by atoms with Gasteiger partial charge >= 0.3 is 11.7 Å². The molecular weight excluding hydrogens is 542 g/mol. The topological polar surface area (TPSA) is 161 Å². The van der Waals surface area contributed by atoms with Gasteiger partial charge in [-0.25, -0.2) is 4.79 Å². The Kier molecular flexibility index (Phi) is 8.33. The number of nitro groups is 1. The first-order valence-corrected chi connectivity index (χ1v) is 14.9. The predicted molar refractivity (Wildman–Crippen MR) is 154 cm³/mol. The van der Waals surface area contributed by atoms with Crippen molar-refractivity contribution in [2.24, 2.45) is 33.7 Å². The van der Waals surface area contributed by atoms with Crippen LogP contribution in [0.25, 0.3) is 0 Å². The first kappa shape index (κ1) is 30.0. The van der Waals surface area contributed by atoms with Crippen LogP contribution in [-0.4, -0.2) is 58.6 Å². The van der Waals surface area contributed by atoms with Gasteiger partial charge in [0.25, 0.3) is 5.91 Å². The summed E-state index contributed by atoms with van der Waals surface area (Å²) in [6, 6.07) is 2.66. The standard InChI is InChI=1S/C31H41N3O8/c1-30-12-10-20(16-19(30)5-6-21-22-7-9-27(36)31(22,2)13-11-23(21)30)33-42-17-28(37)32-24(29(38)41-3)14-18-4-8-26(35)25(15-18)34(39)40/h4,8,15-16,21-24,27,35-36H,5-7,9-14,17H2,1-3H3,(H,32,37)/b33-20+/t21-,22-,23-,24+,27-,30-,31-/m0/s1. The molecule has 7 atom stereocenters. The average molecular weight is 584 g/mol. The molecule has 4 aliphatic rings. The quantitative estimate of drug-likeness (QED) is 0.233. The Balaban J connectivity index is 1.19. The summed E-state index contributed by atoms with van der Waals surface area (Å²) in [4.78, 5) is 40.7. The van der Waals surface area contributed by atoms with E-state index in [0.717, 1.165) is 63.1 Å². The van der Waals surface area contributed by atoms with Crippen LogP contribution in [0.5, 0.6) is 5.75 Å². The van der Waals surface area contributed by atoms with Crippen LogP contribution < -0.4 is 5.32 Å². The summed E-state index contributed by atoms with van der Waals surface area (Å²) >= 11 is 0. The van der Waals surface area contributed by atoms with Gasteiger partial charge < -0.3 is 25.1 Å². The number of aliphatic hydroxyl groups excluding tert-OH is 1. The van der Waals surface area contributed by atoms with Crippen LogP contribution in [0, 0.1) is 38.7 Å². The molecule has 0 saturated heterocycles. The van der Waals surface area contributed by atoms with Gasteiger partial charge in [-0.3, -0.25) is 14.9 Å². The number of nitrogens with zero attached hydrogens (tertiary/aromatic N) is 2. The maximum Gasteiger partial charge on any atom is 0.328 e. The summed E-state index contributed by atoms with van der Waals surface area (Å²) in [5.41, 5.74) is 2.25. The predicted octanol–water partition coefficient (Wildman–Crippen LogP) is 4.20. The zero-order valence-corrected chi connectivity index (χ0v) is 24.5. The van der Waals surface area contributed by atoms with Crippen molar-refractivity contribution < 1.29 is 34.3 Å². The number of benzene rings is 1. The molecule has 0 bridgehead atoms. The van der Waals surface area contributed by atoms with Crippen molar-refractivity contribution in [3.8, 4) is 5.75 Å². The molecule has 228 valence electrons. The number of carbonyl (C=O) groups is 2. The van der Waals surface area contributed by atoms with Gasteiger partial charge in [0.15, 0.2) is 12.4 Å².